The molecule has 0 spiro atoms. The fourth-order valence-electron chi connectivity index (χ4n) is 2.41. The number of rotatable bonds is 2. The summed E-state index contributed by atoms with van der Waals surface area (Å²) in [5.74, 6) is 1.43. The summed E-state index contributed by atoms with van der Waals surface area (Å²) >= 11 is 2.99. The van der Waals surface area contributed by atoms with E-state index >= 15 is 0 Å². The summed E-state index contributed by atoms with van der Waals surface area (Å²) in [6.07, 6.45) is 1.99. The highest BCUT2D eigenvalue weighted by molar-refractivity contribution is 9.06. The monoisotopic (exact) mass is 339 g/mol. The molecule has 0 radical (unpaired) electrons. The summed E-state index contributed by atoms with van der Waals surface area (Å²) in [5.41, 5.74) is 3.86. The van der Waals surface area contributed by atoms with Gasteiger partial charge in [0.05, 0.1) is 16.7 Å². The topological polar surface area (TPSA) is 39.4 Å². The lowest BCUT2D eigenvalue weighted by Gasteiger charge is -2.03. The molecule has 0 saturated heterocycles. The van der Waals surface area contributed by atoms with Gasteiger partial charge in [-0.1, -0.05) is 24.3 Å². The van der Waals surface area contributed by atoms with Gasteiger partial charge in [0.2, 0.25) is 5.78 Å². The highest BCUT2D eigenvalue weighted by Crippen LogP contribution is 2.24. The highest BCUT2D eigenvalue weighted by Gasteiger charge is 2.07. The first-order chi connectivity index (χ1) is 10.3. The molecule has 0 N–H and O–H groups in total. The van der Waals surface area contributed by atoms with Crippen molar-refractivity contribution in [2.75, 3.05) is 0 Å². The number of fused-ring (bicyclic) bond motifs is 3. The average molecular weight is 340 g/mol. The van der Waals surface area contributed by atoms with Crippen LogP contribution in [0, 0.1) is 0 Å². The molecule has 2 aromatic heterocycles. The van der Waals surface area contributed by atoms with Crippen molar-refractivity contribution < 1.29 is 3.83 Å². The standard InChI is InChI=1S/C16H10BrN3O/c17-21-12-5-3-4-11(10-12)13-8-9-20-15-7-2-1-6-14(15)19-16(20)18-13/h1-10H. The van der Waals surface area contributed by atoms with Crippen LogP contribution in [0.2, 0.25) is 0 Å². The lowest BCUT2D eigenvalue weighted by atomic mass is 10.1. The maximum atomic E-state index is 5.08. The molecule has 0 bridgehead atoms. The fraction of sp³-hybridized carbons (Fsp3) is 0. The molecule has 0 aliphatic carbocycles. The Morgan fingerprint density at radius 1 is 0.952 bits per heavy atom. The Morgan fingerprint density at radius 3 is 2.76 bits per heavy atom. The first-order valence-electron chi connectivity index (χ1n) is 6.48. The van der Waals surface area contributed by atoms with Crippen molar-refractivity contribution >= 4 is 33.1 Å². The SMILES string of the molecule is BrOc1cccc(-c2ccn3c(n2)nc2ccccc23)c1. The first-order valence-corrected chi connectivity index (χ1v) is 7.13. The molecule has 102 valence electrons. The van der Waals surface area contributed by atoms with Crippen molar-refractivity contribution in [3.63, 3.8) is 0 Å². The summed E-state index contributed by atoms with van der Waals surface area (Å²) in [4.78, 5) is 9.19. The normalized spacial score (nSPS) is 11.1. The third kappa shape index (κ3) is 2.06. The number of nitrogens with zero attached hydrogens (tertiary/aromatic N) is 3. The zero-order valence-electron chi connectivity index (χ0n) is 10.9. The van der Waals surface area contributed by atoms with Crippen LogP contribution in [0.3, 0.4) is 0 Å². The van der Waals surface area contributed by atoms with E-state index in [1.54, 1.807) is 0 Å². The second kappa shape index (κ2) is 4.86. The third-order valence-electron chi connectivity index (χ3n) is 3.40. The Bertz CT molecular complexity index is 948. The van der Waals surface area contributed by atoms with Gasteiger partial charge >= 0.3 is 0 Å². The Morgan fingerprint density at radius 2 is 1.86 bits per heavy atom. The molecule has 0 amide bonds. The predicted octanol–water partition coefficient (Wildman–Crippen LogP) is 4.24. The predicted molar refractivity (Wildman–Crippen MR) is 85.5 cm³/mol. The molecule has 21 heavy (non-hydrogen) atoms. The molecule has 0 saturated carbocycles. The number of imidazole rings is 1. The summed E-state index contributed by atoms with van der Waals surface area (Å²) in [7, 11) is 0. The number of para-hydroxylation sites is 2. The average Bonchev–Trinajstić information content (AvgIpc) is 2.92. The van der Waals surface area contributed by atoms with Gasteiger partial charge in [0.15, 0.2) is 16.3 Å². The van der Waals surface area contributed by atoms with E-state index < -0.39 is 0 Å². The van der Waals surface area contributed by atoms with Crippen molar-refractivity contribution in [2.24, 2.45) is 0 Å². The molecule has 0 unspecified atom stereocenters. The number of hydrogen-bond donors (Lipinski definition) is 0. The van der Waals surface area contributed by atoms with Gasteiger partial charge < -0.3 is 3.83 Å². The van der Waals surface area contributed by atoms with E-state index in [0.29, 0.717) is 5.78 Å². The Kier molecular flexibility index (Phi) is 2.86. The minimum absolute atomic E-state index is 0.693. The van der Waals surface area contributed by atoms with E-state index in [-0.39, 0.29) is 0 Å². The van der Waals surface area contributed by atoms with Crippen LogP contribution in [0.25, 0.3) is 28.1 Å². The summed E-state index contributed by atoms with van der Waals surface area (Å²) in [6, 6.07) is 17.7. The maximum absolute atomic E-state index is 5.08. The summed E-state index contributed by atoms with van der Waals surface area (Å²) in [6.45, 7) is 0. The van der Waals surface area contributed by atoms with Crippen molar-refractivity contribution in [1.82, 2.24) is 14.4 Å². The van der Waals surface area contributed by atoms with Crippen molar-refractivity contribution in [3.8, 4) is 17.0 Å². The molecule has 0 aliphatic heterocycles. The van der Waals surface area contributed by atoms with Gasteiger partial charge in [0.25, 0.3) is 0 Å². The van der Waals surface area contributed by atoms with Crippen LogP contribution >= 0.6 is 16.3 Å². The van der Waals surface area contributed by atoms with Crippen LogP contribution in [-0.2, 0) is 0 Å². The third-order valence-corrected chi connectivity index (χ3v) is 3.77. The minimum atomic E-state index is 0.693. The van der Waals surface area contributed by atoms with E-state index in [2.05, 4.69) is 26.2 Å². The van der Waals surface area contributed by atoms with Gasteiger partial charge in [-0.05, 0) is 30.3 Å². The highest BCUT2D eigenvalue weighted by atomic mass is 79.9. The lowest BCUT2D eigenvalue weighted by molar-refractivity contribution is 0.679. The molecule has 4 aromatic rings. The lowest BCUT2D eigenvalue weighted by Crippen LogP contribution is -1.91. The number of aromatic nitrogens is 3. The Balaban J connectivity index is 1.92. The van der Waals surface area contributed by atoms with Crippen molar-refractivity contribution in [1.29, 1.82) is 0 Å². The van der Waals surface area contributed by atoms with Crippen LogP contribution in [0.5, 0.6) is 5.75 Å². The molecule has 4 nitrogen and oxygen atoms in total. The second-order valence-corrected chi connectivity index (χ2v) is 5.01. The van der Waals surface area contributed by atoms with E-state index in [9.17, 15) is 0 Å². The van der Waals surface area contributed by atoms with Crippen LogP contribution in [-0.4, -0.2) is 14.4 Å². The maximum Gasteiger partial charge on any atom is 0.235 e. The van der Waals surface area contributed by atoms with Gasteiger partial charge in [-0.3, -0.25) is 4.40 Å². The molecule has 2 heterocycles. The quantitative estimate of drug-likeness (QED) is 0.548. The molecule has 5 heteroatoms. The molecule has 0 atom stereocenters. The largest absolute Gasteiger partial charge is 0.418 e. The van der Waals surface area contributed by atoms with Gasteiger partial charge in [-0.15, -0.1) is 0 Å². The summed E-state index contributed by atoms with van der Waals surface area (Å²) in [5, 5.41) is 0. The second-order valence-electron chi connectivity index (χ2n) is 4.69. The molecule has 0 fully saturated rings. The van der Waals surface area contributed by atoms with E-state index in [1.165, 1.54) is 0 Å². The van der Waals surface area contributed by atoms with Gasteiger partial charge in [0, 0.05) is 11.8 Å². The van der Waals surface area contributed by atoms with Gasteiger partial charge in [-0.25, -0.2) is 9.97 Å². The number of benzene rings is 2. The van der Waals surface area contributed by atoms with E-state index in [1.807, 2.05) is 65.2 Å². The van der Waals surface area contributed by atoms with Crippen LogP contribution in [0.4, 0.5) is 0 Å². The number of hydrogen-bond acceptors (Lipinski definition) is 3. The van der Waals surface area contributed by atoms with Gasteiger partial charge in [-0.2, -0.15) is 0 Å². The van der Waals surface area contributed by atoms with Gasteiger partial charge in [0.1, 0.15) is 5.75 Å². The zero-order valence-corrected chi connectivity index (χ0v) is 12.5. The Labute approximate surface area is 129 Å². The molecule has 2 aromatic carbocycles. The van der Waals surface area contributed by atoms with Crippen LogP contribution in [0.1, 0.15) is 0 Å². The Hall–Kier alpha value is -2.40. The molecule has 0 aliphatic rings. The molecular formula is C16H10BrN3O. The molecular weight excluding hydrogens is 330 g/mol. The zero-order chi connectivity index (χ0) is 14.2. The first kappa shape index (κ1) is 12.3. The molecule has 4 rings (SSSR count). The number of halogens is 1. The van der Waals surface area contributed by atoms with Crippen LogP contribution in [0.15, 0.2) is 60.8 Å². The minimum Gasteiger partial charge on any atom is -0.418 e. The van der Waals surface area contributed by atoms with Crippen molar-refractivity contribution in [2.45, 2.75) is 0 Å². The van der Waals surface area contributed by atoms with E-state index in [0.717, 1.165) is 28.0 Å². The fourth-order valence-corrected chi connectivity index (χ4v) is 2.61. The van der Waals surface area contributed by atoms with Crippen LogP contribution < -0.4 is 3.83 Å². The smallest absolute Gasteiger partial charge is 0.235 e. The van der Waals surface area contributed by atoms with Crippen molar-refractivity contribution in [3.05, 3.63) is 60.8 Å². The van der Waals surface area contributed by atoms with E-state index in [4.69, 9.17) is 3.83 Å². The summed E-state index contributed by atoms with van der Waals surface area (Å²) < 4.78 is 7.07.